The van der Waals surface area contributed by atoms with Crippen LogP contribution < -0.4 is 0 Å². The molecule has 1 aromatic carbocycles. The fourth-order valence-electron chi connectivity index (χ4n) is 5.50. The number of rotatable bonds is 4. The van der Waals surface area contributed by atoms with Crippen LogP contribution in [-0.2, 0) is 4.74 Å². The summed E-state index contributed by atoms with van der Waals surface area (Å²) in [6, 6.07) is 9.01. The van der Waals surface area contributed by atoms with Gasteiger partial charge in [0.15, 0.2) is 0 Å². The highest BCUT2D eigenvalue weighted by atomic mass is 16.5. The van der Waals surface area contributed by atoms with Crippen molar-refractivity contribution < 1.29 is 19.7 Å². The Bertz CT molecular complexity index is 614. The molecule has 3 rings (SSSR count). The van der Waals surface area contributed by atoms with Crippen LogP contribution in [0.3, 0.4) is 0 Å². The number of ether oxygens (including phenoxy) is 1. The molecule has 2 saturated carbocycles. The van der Waals surface area contributed by atoms with E-state index in [1.54, 1.807) is 12.1 Å². The fraction of sp³-hybridized carbons (Fsp3) is 0.682. The first-order valence-electron chi connectivity index (χ1n) is 9.95. The van der Waals surface area contributed by atoms with E-state index in [2.05, 4.69) is 20.8 Å². The summed E-state index contributed by atoms with van der Waals surface area (Å²) < 4.78 is 5.92. The Labute approximate surface area is 156 Å². The van der Waals surface area contributed by atoms with Crippen molar-refractivity contribution in [3.8, 4) is 0 Å². The van der Waals surface area contributed by atoms with Gasteiger partial charge in [0.1, 0.15) is 6.10 Å². The molecule has 0 aliphatic heterocycles. The highest BCUT2D eigenvalue weighted by molar-refractivity contribution is 5.89. The van der Waals surface area contributed by atoms with E-state index < -0.39 is 11.5 Å². The Morgan fingerprint density at radius 3 is 2.54 bits per heavy atom. The van der Waals surface area contributed by atoms with E-state index in [-0.39, 0.29) is 30.5 Å². The van der Waals surface area contributed by atoms with Gasteiger partial charge in [0.25, 0.3) is 0 Å². The molecule has 0 aromatic heterocycles. The van der Waals surface area contributed by atoms with Crippen molar-refractivity contribution in [2.75, 3.05) is 6.61 Å². The number of fused-ring (bicyclic) bond motifs is 1. The lowest BCUT2D eigenvalue weighted by Gasteiger charge is -2.57. The monoisotopic (exact) mass is 360 g/mol. The number of aliphatic hydroxyl groups excluding tert-OH is 2. The molecule has 4 nitrogen and oxygen atoms in total. The molecule has 1 unspecified atom stereocenters. The minimum Gasteiger partial charge on any atom is -0.458 e. The van der Waals surface area contributed by atoms with Crippen molar-refractivity contribution in [3.05, 3.63) is 35.9 Å². The lowest BCUT2D eigenvalue weighted by Crippen LogP contribution is -2.60. The summed E-state index contributed by atoms with van der Waals surface area (Å²) in [4.78, 5) is 12.6. The summed E-state index contributed by atoms with van der Waals surface area (Å²) >= 11 is 0. The van der Waals surface area contributed by atoms with Gasteiger partial charge in [-0.3, -0.25) is 0 Å². The van der Waals surface area contributed by atoms with Crippen molar-refractivity contribution in [1.82, 2.24) is 0 Å². The predicted molar refractivity (Wildman–Crippen MR) is 101 cm³/mol. The largest absolute Gasteiger partial charge is 0.458 e. The fourth-order valence-corrected chi connectivity index (χ4v) is 5.50. The number of carbonyl (C=O) groups excluding carboxylic acids is 1. The molecule has 0 spiro atoms. The van der Waals surface area contributed by atoms with Crippen molar-refractivity contribution in [2.45, 2.75) is 58.7 Å². The number of hydrogen-bond donors (Lipinski definition) is 2. The third-order valence-electron chi connectivity index (χ3n) is 6.96. The van der Waals surface area contributed by atoms with Crippen LogP contribution >= 0.6 is 0 Å². The number of benzene rings is 1. The van der Waals surface area contributed by atoms with Gasteiger partial charge in [-0.25, -0.2) is 4.79 Å². The third-order valence-corrected chi connectivity index (χ3v) is 6.96. The second-order valence-corrected chi connectivity index (χ2v) is 8.67. The van der Waals surface area contributed by atoms with Gasteiger partial charge < -0.3 is 14.9 Å². The Morgan fingerprint density at radius 1 is 1.23 bits per heavy atom. The number of esters is 1. The van der Waals surface area contributed by atoms with Crippen LogP contribution in [0.25, 0.3) is 0 Å². The first-order valence-corrected chi connectivity index (χ1v) is 9.95. The van der Waals surface area contributed by atoms with Crippen LogP contribution in [0.1, 0.15) is 56.8 Å². The third kappa shape index (κ3) is 3.29. The van der Waals surface area contributed by atoms with Crippen LogP contribution in [0.2, 0.25) is 0 Å². The molecule has 2 fully saturated rings. The van der Waals surface area contributed by atoms with Crippen LogP contribution in [-0.4, -0.2) is 35.0 Å². The molecule has 0 heterocycles. The van der Waals surface area contributed by atoms with Crippen molar-refractivity contribution in [3.63, 3.8) is 0 Å². The smallest absolute Gasteiger partial charge is 0.338 e. The summed E-state index contributed by atoms with van der Waals surface area (Å²) in [7, 11) is 0. The molecule has 4 heteroatoms. The highest BCUT2D eigenvalue weighted by Gasteiger charge is 2.58. The molecule has 6 atom stereocenters. The molecule has 1 aromatic rings. The molecule has 144 valence electrons. The zero-order valence-corrected chi connectivity index (χ0v) is 16.1. The average Bonchev–Trinajstić information content (AvgIpc) is 2.64. The number of carbonyl (C=O) groups is 1. The van der Waals surface area contributed by atoms with Gasteiger partial charge in [0.05, 0.1) is 18.3 Å². The van der Waals surface area contributed by atoms with Gasteiger partial charge in [-0.05, 0) is 61.5 Å². The molecule has 0 bridgehead atoms. The topological polar surface area (TPSA) is 66.8 Å². The number of aliphatic hydroxyl groups is 2. The Morgan fingerprint density at radius 2 is 1.92 bits per heavy atom. The first kappa shape index (κ1) is 19.4. The molecule has 0 radical (unpaired) electrons. The molecular formula is C22H32O4. The van der Waals surface area contributed by atoms with Gasteiger partial charge in [-0.2, -0.15) is 0 Å². The van der Waals surface area contributed by atoms with Crippen molar-refractivity contribution in [1.29, 1.82) is 0 Å². The zero-order valence-electron chi connectivity index (χ0n) is 16.1. The maximum atomic E-state index is 12.6. The minimum atomic E-state index is -0.535. The first-order chi connectivity index (χ1) is 12.4. The van der Waals surface area contributed by atoms with Crippen molar-refractivity contribution >= 4 is 5.97 Å². The van der Waals surface area contributed by atoms with Crippen LogP contribution in [0.4, 0.5) is 0 Å². The van der Waals surface area contributed by atoms with Crippen LogP contribution in [0.5, 0.6) is 0 Å². The molecule has 2 aliphatic rings. The molecule has 26 heavy (non-hydrogen) atoms. The van der Waals surface area contributed by atoms with E-state index in [1.165, 1.54) is 0 Å². The number of hydrogen-bond acceptors (Lipinski definition) is 4. The maximum absolute atomic E-state index is 12.6. The van der Waals surface area contributed by atoms with Gasteiger partial charge in [-0.15, -0.1) is 0 Å². The SMILES string of the molecule is CC1CC[C@@H](OC(=O)c2ccccc2)[C@]2(CO)CC[C@@H](C(C)C)[C@@H](O)[C@@H]12. The molecular weight excluding hydrogens is 328 g/mol. The Kier molecular flexibility index (Phi) is 5.73. The summed E-state index contributed by atoms with van der Waals surface area (Å²) in [6.07, 6.45) is 2.51. The van der Waals surface area contributed by atoms with Crippen molar-refractivity contribution in [2.24, 2.45) is 29.1 Å². The summed E-state index contributed by atoms with van der Waals surface area (Å²) in [5.41, 5.74) is -0.000385. The van der Waals surface area contributed by atoms with E-state index >= 15 is 0 Å². The van der Waals surface area contributed by atoms with E-state index in [9.17, 15) is 15.0 Å². The summed E-state index contributed by atoms with van der Waals surface area (Å²) in [5, 5.41) is 21.5. The normalized spacial score (nSPS) is 37.2. The molecule has 0 amide bonds. The van der Waals surface area contributed by atoms with E-state index in [0.717, 1.165) is 25.7 Å². The van der Waals surface area contributed by atoms with E-state index in [0.29, 0.717) is 17.4 Å². The molecule has 0 saturated heterocycles. The summed E-state index contributed by atoms with van der Waals surface area (Å²) in [6.45, 7) is 6.42. The second-order valence-electron chi connectivity index (χ2n) is 8.67. The molecule has 2 aliphatic carbocycles. The quantitative estimate of drug-likeness (QED) is 0.804. The zero-order chi connectivity index (χ0) is 18.9. The predicted octanol–water partition coefficient (Wildman–Crippen LogP) is 3.66. The second kappa shape index (κ2) is 7.69. The minimum absolute atomic E-state index is 0.0315. The van der Waals surface area contributed by atoms with Gasteiger partial charge >= 0.3 is 5.97 Å². The highest BCUT2D eigenvalue weighted by Crippen LogP contribution is 2.56. The van der Waals surface area contributed by atoms with Gasteiger partial charge in [-0.1, -0.05) is 39.0 Å². The van der Waals surface area contributed by atoms with E-state index in [4.69, 9.17) is 4.74 Å². The van der Waals surface area contributed by atoms with Gasteiger partial charge in [0.2, 0.25) is 0 Å². The Hall–Kier alpha value is -1.39. The standard InChI is InChI=1S/C22H32O4/c1-14(2)17-11-12-22(13-23)18(10-9-15(3)19(22)20(17)24)26-21(25)16-7-5-4-6-8-16/h4-8,14-15,17-20,23-24H,9-13H2,1-3H3/t15?,17-,18+,19+,20+,22+/m0/s1. The maximum Gasteiger partial charge on any atom is 0.338 e. The molecule has 2 N–H and O–H groups in total. The lowest BCUT2D eigenvalue weighted by atomic mass is 9.51. The van der Waals surface area contributed by atoms with Gasteiger partial charge in [0, 0.05) is 5.41 Å². The Balaban J connectivity index is 1.86. The lowest BCUT2D eigenvalue weighted by molar-refractivity contribution is -0.187. The summed E-state index contributed by atoms with van der Waals surface area (Å²) in [5.74, 6) is 0.588. The van der Waals surface area contributed by atoms with Crippen LogP contribution in [0, 0.1) is 29.1 Å². The van der Waals surface area contributed by atoms with Crippen LogP contribution in [0.15, 0.2) is 30.3 Å². The average molecular weight is 360 g/mol. The van der Waals surface area contributed by atoms with E-state index in [1.807, 2.05) is 18.2 Å².